The third kappa shape index (κ3) is 5.32. The maximum Gasteiger partial charge on any atom is 0.166 e. The molecule has 3 aromatic heterocycles. The minimum absolute atomic E-state index is 0.483. The van der Waals surface area contributed by atoms with Crippen LogP contribution in [-0.4, -0.2) is 19.5 Å². The summed E-state index contributed by atoms with van der Waals surface area (Å²) in [4.78, 5) is 16.0. The fourth-order valence-corrected chi connectivity index (χ4v) is 11.8. The third-order valence-electron chi connectivity index (χ3n) is 14.7. The van der Waals surface area contributed by atoms with Crippen molar-refractivity contribution in [2.24, 2.45) is 0 Å². The standard InChI is InChI=1S/C64H38N4O/c1-2-16-39(17-3-1)40-30-32-41(33-31-40)61-65-62(42-34-35-47-46-21-9-15-29-57(46)69-58(47)38-42)67-63(66-61)50-23-8-14-28-56(50)68-55-27-13-7-20-45(55)48-36-37-54-59(60(48)68)49-22-6-12-26-53(49)64(54)51-24-10-4-18-43(51)44-19-5-11-25-52(44)64/h1-38H. The van der Waals surface area contributed by atoms with Gasteiger partial charge in [0.1, 0.15) is 11.2 Å². The Morgan fingerprint density at radius 3 is 1.62 bits per heavy atom. The largest absolute Gasteiger partial charge is 0.456 e. The first-order valence-corrected chi connectivity index (χ1v) is 23.5. The van der Waals surface area contributed by atoms with Crippen molar-refractivity contribution in [1.29, 1.82) is 0 Å². The van der Waals surface area contributed by atoms with Crippen molar-refractivity contribution in [3.63, 3.8) is 0 Å². The zero-order valence-electron chi connectivity index (χ0n) is 37.1. The van der Waals surface area contributed by atoms with E-state index < -0.39 is 5.41 Å². The van der Waals surface area contributed by atoms with Crippen molar-refractivity contribution in [3.8, 4) is 73.2 Å². The van der Waals surface area contributed by atoms with Gasteiger partial charge in [0, 0.05) is 43.8 Å². The predicted octanol–water partition coefficient (Wildman–Crippen LogP) is 15.9. The Bertz CT molecular complexity index is 4210. The lowest BCUT2D eigenvalue weighted by Crippen LogP contribution is -2.25. The lowest BCUT2D eigenvalue weighted by atomic mass is 9.70. The van der Waals surface area contributed by atoms with Crippen molar-refractivity contribution >= 4 is 43.7 Å². The monoisotopic (exact) mass is 878 g/mol. The van der Waals surface area contributed by atoms with Crippen LogP contribution in [0, 0.1) is 0 Å². The minimum Gasteiger partial charge on any atom is -0.456 e. The summed E-state index contributed by atoms with van der Waals surface area (Å²) in [5, 5.41) is 4.51. The number of benzene rings is 10. The molecule has 0 N–H and O–H groups in total. The second-order valence-corrected chi connectivity index (χ2v) is 18.2. The highest BCUT2D eigenvalue weighted by atomic mass is 16.3. The van der Waals surface area contributed by atoms with Gasteiger partial charge < -0.3 is 8.98 Å². The number of hydrogen-bond donors (Lipinski definition) is 0. The van der Waals surface area contributed by atoms with Crippen molar-refractivity contribution in [2.45, 2.75) is 5.41 Å². The molecule has 0 aliphatic heterocycles. The van der Waals surface area contributed by atoms with Gasteiger partial charge in [-0.1, -0.05) is 194 Å². The molecule has 0 bridgehead atoms. The van der Waals surface area contributed by atoms with E-state index in [-0.39, 0.29) is 0 Å². The number of aromatic nitrogens is 4. The highest BCUT2D eigenvalue weighted by molar-refractivity contribution is 6.17. The van der Waals surface area contributed by atoms with E-state index in [9.17, 15) is 0 Å². The van der Waals surface area contributed by atoms with Crippen LogP contribution in [-0.2, 0) is 5.41 Å². The number of furan rings is 1. The summed E-state index contributed by atoms with van der Waals surface area (Å²) in [6, 6.07) is 82.6. The minimum atomic E-state index is -0.483. The number of rotatable bonds is 5. The van der Waals surface area contributed by atoms with Gasteiger partial charge in [0.15, 0.2) is 17.5 Å². The van der Waals surface area contributed by atoms with Gasteiger partial charge in [-0.3, -0.25) is 0 Å². The Morgan fingerprint density at radius 1 is 0.333 bits per heavy atom. The van der Waals surface area contributed by atoms with Gasteiger partial charge in [-0.2, -0.15) is 0 Å². The Kier molecular flexibility index (Phi) is 7.93. The van der Waals surface area contributed by atoms with Crippen molar-refractivity contribution in [3.05, 3.63) is 253 Å². The zero-order chi connectivity index (χ0) is 45.2. The van der Waals surface area contributed by atoms with E-state index in [4.69, 9.17) is 19.4 Å². The van der Waals surface area contributed by atoms with Crippen LogP contribution in [0.4, 0.5) is 0 Å². The summed E-state index contributed by atoms with van der Waals surface area (Å²) in [6.07, 6.45) is 0. The summed E-state index contributed by atoms with van der Waals surface area (Å²) < 4.78 is 8.88. The Balaban J connectivity index is 0.991. The van der Waals surface area contributed by atoms with Crippen LogP contribution in [0.2, 0.25) is 0 Å². The van der Waals surface area contributed by atoms with Gasteiger partial charge in [0.2, 0.25) is 0 Å². The summed E-state index contributed by atoms with van der Waals surface area (Å²) >= 11 is 0. The average Bonchev–Trinajstić information content (AvgIpc) is 4.15. The second-order valence-electron chi connectivity index (χ2n) is 18.2. The molecule has 2 aliphatic rings. The normalized spacial score (nSPS) is 13.0. The summed E-state index contributed by atoms with van der Waals surface area (Å²) in [6.45, 7) is 0. The van der Waals surface area contributed by atoms with Crippen LogP contribution in [0.3, 0.4) is 0 Å². The highest BCUT2D eigenvalue weighted by Crippen LogP contribution is 2.64. The molecule has 0 fully saturated rings. The molecule has 10 aromatic carbocycles. The Morgan fingerprint density at radius 2 is 0.855 bits per heavy atom. The van der Waals surface area contributed by atoms with E-state index in [0.717, 1.165) is 66.5 Å². The first-order valence-electron chi connectivity index (χ1n) is 23.5. The van der Waals surface area contributed by atoms with Gasteiger partial charge in [0.25, 0.3) is 0 Å². The molecule has 1 spiro atoms. The Hall–Kier alpha value is -9.19. The molecule has 13 aromatic rings. The molecular weight excluding hydrogens is 841 g/mol. The van der Waals surface area contributed by atoms with E-state index in [0.29, 0.717) is 17.5 Å². The summed E-state index contributed by atoms with van der Waals surface area (Å²) in [5.41, 5.74) is 19.6. The van der Waals surface area contributed by atoms with E-state index in [2.05, 4.69) is 211 Å². The molecule has 0 amide bonds. The van der Waals surface area contributed by atoms with Crippen LogP contribution in [0.5, 0.6) is 0 Å². The number of fused-ring (bicyclic) bond motifs is 17. The fraction of sp³-hybridized carbons (Fsp3) is 0.0156. The third-order valence-corrected chi connectivity index (χ3v) is 14.7. The van der Waals surface area contributed by atoms with Gasteiger partial charge in [-0.05, 0) is 86.5 Å². The van der Waals surface area contributed by atoms with Gasteiger partial charge in [0.05, 0.1) is 22.1 Å². The van der Waals surface area contributed by atoms with Crippen LogP contribution in [0.25, 0.3) is 117 Å². The predicted molar refractivity (Wildman–Crippen MR) is 279 cm³/mol. The molecule has 69 heavy (non-hydrogen) atoms. The molecule has 0 saturated carbocycles. The summed E-state index contributed by atoms with van der Waals surface area (Å²) in [5.74, 6) is 1.74. The zero-order valence-corrected chi connectivity index (χ0v) is 37.1. The molecule has 0 saturated heterocycles. The van der Waals surface area contributed by atoms with Gasteiger partial charge >= 0.3 is 0 Å². The van der Waals surface area contributed by atoms with Gasteiger partial charge in [-0.15, -0.1) is 0 Å². The van der Waals surface area contributed by atoms with Crippen LogP contribution in [0.15, 0.2) is 235 Å². The maximum absolute atomic E-state index is 6.41. The quantitative estimate of drug-likeness (QED) is 0.173. The van der Waals surface area contributed by atoms with Crippen LogP contribution < -0.4 is 0 Å². The van der Waals surface area contributed by atoms with E-state index >= 15 is 0 Å². The van der Waals surface area contributed by atoms with Crippen LogP contribution >= 0.6 is 0 Å². The SMILES string of the molecule is c1ccc(-c2ccc(-c3nc(-c4ccc5c(c4)oc4ccccc45)nc(-c4ccccc4-n4c5ccccc5c5ccc6c(c54)-c4ccccc4C64c5ccccc5-c5ccccc54)n3)cc2)cc1. The van der Waals surface area contributed by atoms with Crippen molar-refractivity contribution < 1.29 is 4.42 Å². The van der Waals surface area contributed by atoms with E-state index in [1.54, 1.807) is 0 Å². The molecule has 15 rings (SSSR count). The first-order chi connectivity index (χ1) is 34.2. The van der Waals surface area contributed by atoms with Crippen molar-refractivity contribution in [2.75, 3.05) is 0 Å². The van der Waals surface area contributed by atoms with E-state index in [1.165, 1.54) is 55.3 Å². The second kappa shape index (κ2) is 14.4. The number of nitrogens with zero attached hydrogens (tertiary/aromatic N) is 4. The average molecular weight is 879 g/mol. The lowest BCUT2D eigenvalue weighted by molar-refractivity contribution is 0.669. The molecule has 0 atom stereocenters. The molecule has 0 radical (unpaired) electrons. The molecular formula is C64H38N4O. The maximum atomic E-state index is 6.41. The topological polar surface area (TPSA) is 56.7 Å². The summed E-state index contributed by atoms with van der Waals surface area (Å²) in [7, 11) is 0. The molecule has 5 nitrogen and oxygen atoms in total. The first kappa shape index (κ1) is 38.0. The van der Waals surface area contributed by atoms with E-state index in [1.807, 2.05) is 24.3 Å². The number of para-hydroxylation sites is 3. The molecule has 2 aliphatic carbocycles. The molecule has 3 heterocycles. The fourth-order valence-electron chi connectivity index (χ4n) is 11.8. The Labute approximate surface area is 397 Å². The molecule has 320 valence electrons. The van der Waals surface area contributed by atoms with Gasteiger partial charge in [-0.25, -0.2) is 15.0 Å². The number of hydrogen-bond acceptors (Lipinski definition) is 4. The highest BCUT2D eigenvalue weighted by Gasteiger charge is 2.52. The van der Waals surface area contributed by atoms with Crippen molar-refractivity contribution in [1.82, 2.24) is 19.5 Å². The molecule has 5 heteroatoms. The lowest BCUT2D eigenvalue weighted by Gasteiger charge is -2.30. The van der Waals surface area contributed by atoms with Crippen LogP contribution in [0.1, 0.15) is 22.3 Å². The molecule has 0 unspecified atom stereocenters. The smallest absolute Gasteiger partial charge is 0.166 e.